The molecule has 0 amide bonds. The first-order chi connectivity index (χ1) is 10.7. The third-order valence-corrected chi connectivity index (χ3v) is 5.89. The Kier molecular flexibility index (Phi) is 4.75. The minimum atomic E-state index is -3.26. The van der Waals surface area contributed by atoms with Crippen LogP contribution in [0.25, 0.3) is 11.4 Å². The van der Waals surface area contributed by atoms with Crippen molar-refractivity contribution in [1.29, 1.82) is 0 Å². The quantitative estimate of drug-likeness (QED) is 0.788. The number of aromatic nitrogens is 2. The van der Waals surface area contributed by atoms with Crippen molar-refractivity contribution in [3.63, 3.8) is 0 Å². The van der Waals surface area contributed by atoms with E-state index in [4.69, 9.17) is 0 Å². The van der Waals surface area contributed by atoms with Gasteiger partial charge in [-0.2, -0.15) is 0 Å². The number of rotatable bonds is 5. The van der Waals surface area contributed by atoms with Crippen molar-refractivity contribution in [1.82, 2.24) is 9.55 Å². The van der Waals surface area contributed by atoms with E-state index in [9.17, 15) is 13.2 Å². The summed E-state index contributed by atoms with van der Waals surface area (Å²) in [6.45, 7) is 7.13. The lowest BCUT2D eigenvalue weighted by molar-refractivity contribution is 0.100. The van der Waals surface area contributed by atoms with E-state index in [1.54, 1.807) is 26.0 Å². The normalized spacial score (nSPS) is 11.7. The second-order valence-electron chi connectivity index (χ2n) is 5.55. The first-order valence-corrected chi connectivity index (χ1v) is 9.28. The van der Waals surface area contributed by atoms with Crippen LogP contribution in [0.15, 0.2) is 23.2 Å². The molecule has 6 heteroatoms. The molecule has 0 fully saturated rings. The smallest absolute Gasteiger partial charge is 0.179 e. The summed E-state index contributed by atoms with van der Waals surface area (Å²) in [6.07, 6.45) is 2.17. The van der Waals surface area contributed by atoms with Gasteiger partial charge >= 0.3 is 0 Å². The molecule has 0 radical (unpaired) electrons. The van der Waals surface area contributed by atoms with Crippen molar-refractivity contribution in [3.05, 3.63) is 35.2 Å². The Morgan fingerprint density at radius 1 is 1.26 bits per heavy atom. The molecule has 0 aliphatic carbocycles. The van der Waals surface area contributed by atoms with Crippen LogP contribution < -0.4 is 0 Å². The molecule has 0 unspecified atom stereocenters. The Hall–Kier alpha value is -1.95. The van der Waals surface area contributed by atoms with Crippen LogP contribution in [0, 0.1) is 6.92 Å². The molecule has 2 aromatic rings. The molecular weight excluding hydrogens is 312 g/mol. The minimum absolute atomic E-state index is 0.0103. The summed E-state index contributed by atoms with van der Waals surface area (Å²) in [5.41, 5.74) is 4.25. The summed E-state index contributed by atoms with van der Waals surface area (Å²) >= 11 is 0. The van der Waals surface area contributed by atoms with Crippen molar-refractivity contribution < 1.29 is 13.2 Å². The van der Waals surface area contributed by atoms with Crippen LogP contribution in [0.1, 0.15) is 42.4 Å². The maximum absolute atomic E-state index is 11.9. The fourth-order valence-corrected chi connectivity index (χ4v) is 3.84. The molecule has 23 heavy (non-hydrogen) atoms. The Balaban J connectivity index is 2.64. The van der Waals surface area contributed by atoms with Gasteiger partial charge < -0.3 is 4.57 Å². The second-order valence-corrected chi connectivity index (χ2v) is 7.83. The number of nitrogens with zero attached hydrogens (tertiary/aromatic N) is 2. The number of ketones is 1. The van der Waals surface area contributed by atoms with Crippen LogP contribution >= 0.6 is 0 Å². The zero-order chi connectivity index (χ0) is 17.4. The molecule has 0 spiro atoms. The molecule has 0 saturated heterocycles. The van der Waals surface area contributed by atoms with Gasteiger partial charge in [-0.3, -0.25) is 9.78 Å². The molecular formula is C17H22N2O3S. The average molecular weight is 334 g/mol. The van der Waals surface area contributed by atoms with Crippen LogP contribution in [0.2, 0.25) is 0 Å². The van der Waals surface area contributed by atoms with Crippen LogP contribution in [0.5, 0.6) is 0 Å². The highest BCUT2D eigenvalue weighted by molar-refractivity contribution is 7.91. The summed E-state index contributed by atoms with van der Waals surface area (Å²) in [7, 11) is -1.42. The third kappa shape index (κ3) is 2.95. The Labute approximate surface area is 137 Å². The summed E-state index contributed by atoms with van der Waals surface area (Å²) in [5.74, 6) is 0.0579. The molecule has 0 bridgehead atoms. The highest BCUT2D eigenvalue weighted by Crippen LogP contribution is 2.30. The zero-order valence-electron chi connectivity index (χ0n) is 14.2. The maximum atomic E-state index is 11.9. The van der Waals surface area contributed by atoms with E-state index >= 15 is 0 Å². The molecule has 0 aliphatic rings. The zero-order valence-corrected chi connectivity index (χ0v) is 15.0. The Morgan fingerprint density at radius 2 is 1.91 bits per heavy atom. The van der Waals surface area contributed by atoms with Gasteiger partial charge in [0.1, 0.15) is 0 Å². The molecule has 0 aromatic carbocycles. The molecule has 0 N–H and O–H groups in total. The number of pyridine rings is 1. The topological polar surface area (TPSA) is 69.0 Å². The second kappa shape index (κ2) is 6.28. The fourth-order valence-electron chi connectivity index (χ4n) is 3.02. The van der Waals surface area contributed by atoms with Gasteiger partial charge in [0, 0.05) is 20.2 Å². The Morgan fingerprint density at radius 3 is 2.35 bits per heavy atom. The lowest BCUT2D eigenvalue weighted by Crippen LogP contribution is -2.06. The molecule has 124 valence electrons. The summed E-state index contributed by atoms with van der Waals surface area (Å²) in [6, 6.07) is 3.29. The largest absolute Gasteiger partial charge is 0.340 e. The van der Waals surface area contributed by atoms with Gasteiger partial charge in [-0.05, 0) is 36.6 Å². The lowest BCUT2D eigenvalue weighted by Gasteiger charge is -2.08. The molecule has 2 aromatic heterocycles. The highest BCUT2D eigenvalue weighted by atomic mass is 32.2. The van der Waals surface area contributed by atoms with Crippen LogP contribution in [-0.2, 0) is 23.3 Å². The molecule has 2 heterocycles. The SMILES string of the molecule is CCc1c(C)c(C(C)=O)n(C)c1-c1ccc(S(=O)(=O)CC)cn1. The van der Waals surface area contributed by atoms with Gasteiger partial charge in [0.15, 0.2) is 15.6 Å². The summed E-state index contributed by atoms with van der Waals surface area (Å²) in [4.78, 5) is 16.5. The maximum Gasteiger partial charge on any atom is 0.179 e. The number of carbonyl (C=O) groups excluding carboxylic acids is 1. The van der Waals surface area contributed by atoms with E-state index < -0.39 is 9.84 Å². The number of hydrogen-bond acceptors (Lipinski definition) is 4. The van der Waals surface area contributed by atoms with Crippen molar-refractivity contribution >= 4 is 15.6 Å². The van der Waals surface area contributed by atoms with Crippen molar-refractivity contribution in [2.75, 3.05) is 5.75 Å². The lowest BCUT2D eigenvalue weighted by atomic mass is 10.0. The van der Waals surface area contributed by atoms with E-state index in [-0.39, 0.29) is 16.4 Å². The predicted molar refractivity (Wildman–Crippen MR) is 90.5 cm³/mol. The first-order valence-electron chi connectivity index (χ1n) is 7.62. The van der Waals surface area contributed by atoms with E-state index in [1.807, 2.05) is 25.5 Å². The number of carbonyl (C=O) groups is 1. The predicted octanol–water partition coefficient (Wildman–Crippen LogP) is 2.95. The molecule has 5 nitrogen and oxygen atoms in total. The van der Waals surface area contributed by atoms with Crippen molar-refractivity contribution in [2.24, 2.45) is 7.05 Å². The third-order valence-electron chi connectivity index (χ3n) is 4.17. The number of Topliss-reactive ketones (excluding diaryl/α,β-unsaturated/α-hetero) is 1. The van der Waals surface area contributed by atoms with Gasteiger partial charge in [-0.25, -0.2) is 8.42 Å². The minimum Gasteiger partial charge on any atom is -0.340 e. The fraction of sp³-hybridized carbons (Fsp3) is 0.412. The summed E-state index contributed by atoms with van der Waals surface area (Å²) < 4.78 is 25.6. The Bertz CT molecular complexity index is 847. The van der Waals surface area contributed by atoms with E-state index in [0.29, 0.717) is 11.4 Å². The first kappa shape index (κ1) is 17.4. The van der Waals surface area contributed by atoms with Gasteiger partial charge in [0.05, 0.1) is 27.7 Å². The van der Waals surface area contributed by atoms with Crippen LogP contribution in [-0.4, -0.2) is 29.5 Å². The van der Waals surface area contributed by atoms with Crippen LogP contribution in [0.4, 0.5) is 0 Å². The number of sulfone groups is 1. The molecule has 0 aliphatic heterocycles. The van der Waals surface area contributed by atoms with Gasteiger partial charge in [-0.1, -0.05) is 13.8 Å². The number of hydrogen-bond donors (Lipinski definition) is 0. The van der Waals surface area contributed by atoms with E-state index in [2.05, 4.69) is 4.98 Å². The monoisotopic (exact) mass is 334 g/mol. The van der Waals surface area contributed by atoms with Gasteiger partial charge in [0.25, 0.3) is 0 Å². The molecule has 0 saturated carbocycles. The van der Waals surface area contributed by atoms with Crippen molar-refractivity contribution in [3.8, 4) is 11.4 Å². The van der Waals surface area contributed by atoms with Gasteiger partial charge in [0.2, 0.25) is 0 Å². The standard InChI is InChI=1S/C17H22N2O3S/c1-6-14-11(3)16(12(4)20)19(5)17(14)15-9-8-13(10-18-15)23(21,22)7-2/h8-10H,6-7H2,1-5H3. The van der Waals surface area contributed by atoms with E-state index in [0.717, 1.165) is 23.2 Å². The summed E-state index contributed by atoms with van der Waals surface area (Å²) in [5, 5.41) is 0. The average Bonchev–Trinajstić information content (AvgIpc) is 2.77. The van der Waals surface area contributed by atoms with Crippen LogP contribution in [0.3, 0.4) is 0 Å². The van der Waals surface area contributed by atoms with Gasteiger partial charge in [-0.15, -0.1) is 0 Å². The van der Waals surface area contributed by atoms with Crippen molar-refractivity contribution in [2.45, 2.75) is 39.0 Å². The molecule has 0 atom stereocenters. The highest BCUT2D eigenvalue weighted by Gasteiger charge is 2.22. The molecule has 2 rings (SSSR count). The van der Waals surface area contributed by atoms with E-state index in [1.165, 1.54) is 6.20 Å².